The lowest BCUT2D eigenvalue weighted by Crippen LogP contribution is -2.16. The first-order chi connectivity index (χ1) is 8.32. The first kappa shape index (κ1) is 14.2. The molecule has 1 rings (SSSR count). The first-order valence-corrected chi connectivity index (χ1v) is 5.38. The number of carboxylic acids is 1. The lowest BCUT2D eigenvalue weighted by atomic mass is 10.1. The Labute approximate surface area is 108 Å². The van der Waals surface area contributed by atoms with Crippen LogP contribution in [0, 0.1) is 5.82 Å². The first-order valence-electron chi connectivity index (χ1n) is 5.00. The van der Waals surface area contributed by atoms with Crippen molar-refractivity contribution >= 4 is 29.2 Å². The highest BCUT2D eigenvalue weighted by Gasteiger charge is 2.14. The van der Waals surface area contributed by atoms with Crippen LogP contribution in [0.1, 0.15) is 13.8 Å². The predicted molar refractivity (Wildman–Crippen MR) is 66.0 cm³/mol. The van der Waals surface area contributed by atoms with Gasteiger partial charge in [-0.15, -0.1) is 0 Å². The van der Waals surface area contributed by atoms with Gasteiger partial charge in [0.25, 0.3) is 5.91 Å². The van der Waals surface area contributed by atoms with Crippen LogP contribution in [-0.4, -0.2) is 17.0 Å². The van der Waals surface area contributed by atoms with Crippen LogP contribution >= 0.6 is 11.6 Å². The second-order valence-corrected chi connectivity index (χ2v) is 4.04. The van der Waals surface area contributed by atoms with Crippen molar-refractivity contribution in [2.24, 2.45) is 0 Å². The number of benzene rings is 1. The smallest absolute Gasteiger partial charge is 0.331 e. The Morgan fingerprint density at radius 2 is 1.89 bits per heavy atom. The summed E-state index contributed by atoms with van der Waals surface area (Å²) >= 11 is 5.73. The standard InChI is InChI=1S/C12H11ClFNO3/c1-6(7(2)12(17)18)11(16)15-10-4-3-8(14)5-9(10)13/h3-5H,1-2H3,(H,15,16)(H,17,18)/b7-6-. The monoisotopic (exact) mass is 271 g/mol. The molecule has 0 unspecified atom stereocenters. The Balaban J connectivity index is 2.95. The minimum Gasteiger partial charge on any atom is -0.478 e. The number of nitrogens with one attached hydrogen (secondary N) is 1. The molecule has 0 saturated carbocycles. The zero-order chi connectivity index (χ0) is 13.9. The summed E-state index contributed by atoms with van der Waals surface area (Å²) in [5.74, 6) is -2.29. The maximum absolute atomic E-state index is 12.8. The van der Waals surface area contributed by atoms with Crippen molar-refractivity contribution in [3.05, 3.63) is 40.2 Å². The van der Waals surface area contributed by atoms with Crippen molar-refractivity contribution in [2.75, 3.05) is 5.32 Å². The molecule has 1 amide bonds. The SMILES string of the molecule is C/C(C(=O)O)=C(\C)C(=O)Nc1ccc(F)cc1Cl. The summed E-state index contributed by atoms with van der Waals surface area (Å²) in [4.78, 5) is 22.4. The molecule has 0 aliphatic carbocycles. The summed E-state index contributed by atoms with van der Waals surface area (Å²) in [7, 11) is 0. The highest BCUT2D eigenvalue weighted by atomic mass is 35.5. The van der Waals surface area contributed by atoms with Crippen molar-refractivity contribution in [1.29, 1.82) is 0 Å². The van der Waals surface area contributed by atoms with Gasteiger partial charge in [-0.25, -0.2) is 9.18 Å². The van der Waals surface area contributed by atoms with E-state index in [0.717, 1.165) is 12.1 Å². The predicted octanol–water partition coefficient (Wildman–Crippen LogP) is 2.84. The van der Waals surface area contributed by atoms with Crippen molar-refractivity contribution in [2.45, 2.75) is 13.8 Å². The van der Waals surface area contributed by atoms with Crippen molar-refractivity contribution in [1.82, 2.24) is 0 Å². The van der Waals surface area contributed by atoms with E-state index < -0.39 is 17.7 Å². The summed E-state index contributed by atoms with van der Waals surface area (Å²) < 4.78 is 12.8. The van der Waals surface area contributed by atoms with Crippen molar-refractivity contribution in [3.63, 3.8) is 0 Å². The van der Waals surface area contributed by atoms with Gasteiger partial charge in [0, 0.05) is 11.1 Å². The number of carbonyl (C=O) groups excluding carboxylic acids is 1. The molecule has 0 atom stereocenters. The highest BCUT2D eigenvalue weighted by molar-refractivity contribution is 6.34. The summed E-state index contributed by atoms with van der Waals surface area (Å²) in [6, 6.07) is 3.50. The number of aliphatic carboxylic acids is 1. The third-order valence-corrected chi connectivity index (χ3v) is 2.72. The number of hydrogen-bond acceptors (Lipinski definition) is 2. The number of carboxylic acid groups (broad SMARTS) is 1. The summed E-state index contributed by atoms with van der Waals surface area (Å²) in [5.41, 5.74) is 0.217. The van der Waals surface area contributed by atoms with Crippen LogP contribution in [0.5, 0.6) is 0 Å². The zero-order valence-electron chi connectivity index (χ0n) is 9.75. The molecular formula is C12H11ClFNO3. The molecule has 0 heterocycles. The number of hydrogen-bond donors (Lipinski definition) is 2. The molecule has 6 heteroatoms. The molecule has 1 aromatic rings. The van der Waals surface area contributed by atoms with Gasteiger partial charge in [-0.3, -0.25) is 4.79 Å². The maximum atomic E-state index is 12.8. The molecule has 1 aromatic carbocycles. The second-order valence-electron chi connectivity index (χ2n) is 3.63. The summed E-state index contributed by atoms with van der Waals surface area (Å²) in [6.07, 6.45) is 0. The van der Waals surface area contributed by atoms with E-state index in [1.54, 1.807) is 0 Å². The van der Waals surface area contributed by atoms with Gasteiger partial charge in [0.2, 0.25) is 0 Å². The van der Waals surface area contributed by atoms with Crippen LogP contribution in [0.15, 0.2) is 29.3 Å². The van der Waals surface area contributed by atoms with Crippen LogP contribution in [0.3, 0.4) is 0 Å². The molecule has 0 bridgehead atoms. The van der Waals surface area contributed by atoms with E-state index >= 15 is 0 Å². The van der Waals surface area contributed by atoms with Crippen LogP contribution in [0.25, 0.3) is 0 Å². The lowest BCUT2D eigenvalue weighted by molar-refractivity contribution is -0.133. The molecule has 96 valence electrons. The quantitative estimate of drug-likeness (QED) is 0.831. The number of anilines is 1. The molecule has 0 spiro atoms. The van der Waals surface area contributed by atoms with Gasteiger partial charge in [-0.2, -0.15) is 0 Å². The lowest BCUT2D eigenvalue weighted by Gasteiger charge is -2.08. The molecule has 0 fully saturated rings. The average molecular weight is 272 g/mol. The van der Waals surface area contributed by atoms with E-state index in [9.17, 15) is 14.0 Å². The second kappa shape index (κ2) is 5.64. The fraction of sp³-hybridized carbons (Fsp3) is 0.167. The third-order valence-electron chi connectivity index (χ3n) is 2.40. The van der Waals surface area contributed by atoms with E-state index in [1.165, 1.54) is 19.9 Å². The van der Waals surface area contributed by atoms with Crippen molar-refractivity contribution in [3.8, 4) is 0 Å². The van der Waals surface area contributed by atoms with Crippen LogP contribution in [-0.2, 0) is 9.59 Å². The molecule has 4 nitrogen and oxygen atoms in total. The fourth-order valence-electron chi connectivity index (χ4n) is 1.14. The molecule has 0 aromatic heterocycles. The van der Waals surface area contributed by atoms with E-state index in [0.29, 0.717) is 0 Å². The molecule has 0 saturated heterocycles. The Kier molecular flexibility index (Phi) is 4.44. The molecule has 0 radical (unpaired) electrons. The molecular weight excluding hydrogens is 261 g/mol. The van der Waals surface area contributed by atoms with Gasteiger partial charge < -0.3 is 10.4 Å². The van der Waals surface area contributed by atoms with E-state index in [4.69, 9.17) is 16.7 Å². The number of halogens is 2. The average Bonchev–Trinajstić information content (AvgIpc) is 2.30. The Bertz CT molecular complexity index is 540. The van der Waals surface area contributed by atoms with Gasteiger partial charge in [-0.05, 0) is 32.0 Å². The van der Waals surface area contributed by atoms with E-state index in [-0.39, 0.29) is 21.9 Å². The minimum absolute atomic E-state index is 0.0455. The number of amides is 1. The van der Waals surface area contributed by atoms with E-state index in [1.807, 2.05) is 0 Å². The molecule has 0 aliphatic rings. The van der Waals surface area contributed by atoms with Gasteiger partial charge in [0.15, 0.2) is 0 Å². The minimum atomic E-state index is -1.17. The molecule has 2 N–H and O–H groups in total. The van der Waals surface area contributed by atoms with E-state index in [2.05, 4.69) is 5.32 Å². The molecule has 0 aliphatic heterocycles. The highest BCUT2D eigenvalue weighted by Crippen LogP contribution is 2.23. The van der Waals surface area contributed by atoms with Crippen LogP contribution in [0.4, 0.5) is 10.1 Å². The zero-order valence-corrected chi connectivity index (χ0v) is 10.5. The summed E-state index contributed by atoms with van der Waals surface area (Å²) in [6.45, 7) is 2.71. The van der Waals surface area contributed by atoms with Gasteiger partial charge in [-0.1, -0.05) is 11.6 Å². The topological polar surface area (TPSA) is 66.4 Å². The van der Waals surface area contributed by atoms with Gasteiger partial charge in [0.05, 0.1) is 10.7 Å². The Morgan fingerprint density at radius 3 is 2.39 bits per heavy atom. The van der Waals surface area contributed by atoms with Gasteiger partial charge >= 0.3 is 5.97 Å². The number of carbonyl (C=O) groups is 2. The molecule has 18 heavy (non-hydrogen) atoms. The van der Waals surface area contributed by atoms with Crippen molar-refractivity contribution < 1.29 is 19.1 Å². The summed E-state index contributed by atoms with van der Waals surface area (Å²) in [5, 5.41) is 11.2. The largest absolute Gasteiger partial charge is 0.478 e. The normalized spacial score (nSPS) is 11.8. The third kappa shape index (κ3) is 3.30. The Hall–Kier alpha value is -1.88. The Morgan fingerprint density at radius 1 is 1.28 bits per heavy atom. The maximum Gasteiger partial charge on any atom is 0.331 e. The van der Waals surface area contributed by atoms with Gasteiger partial charge in [0.1, 0.15) is 5.82 Å². The number of rotatable bonds is 3. The van der Waals surface area contributed by atoms with Crippen LogP contribution < -0.4 is 5.32 Å². The fourth-order valence-corrected chi connectivity index (χ4v) is 1.35. The van der Waals surface area contributed by atoms with Crippen LogP contribution in [0.2, 0.25) is 5.02 Å².